The molecular formula is C15H14ClF3N2O4S. The van der Waals surface area contributed by atoms with Crippen molar-refractivity contribution in [1.29, 1.82) is 0 Å². The SMILES string of the molecule is CC(=O)OCc1c(C(F)(F)F)nn(C)c1S(=O)(=O)Cc1ccc(Cl)cc1. The number of rotatable bonds is 5. The van der Waals surface area contributed by atoms with Gasteiger partial charge in [-0.3, -0.25) is 9.48 Å². The van der Waals surface area contributed by atoms with E-state index in [-0.39, 0.29) is 0 Å². The standard InChI is InChI=1S/C15H14ClF3N2O4S/c1-9(22)25-7-12-13(15(17,18)19)20-21(2)14(12)26(23,24)8-10-3-5-11(16)6-4-10/h3-6H,7-8H2,1-2H3. The Morgan fingerprint density at radius 3 is 2.35 bits per heavy atom. The minimum Gasteiger partial charge on any atom is -0.461 e. The van der Waals surface area contributed by atoms with Crippen molar-refractivity contribution in [2.75, 3.05) is 0 Å². The summed E-state index contributed by atoms with van der Waals surface area (Å²) in [6.07, 6.45) is -4.90. The molecule has 0 saturated heterocycles. The predicted octanol–water partition coefficient (Wildman–Crippen LogP) is 3.13. The van der Waals surface area contributed by atoms with Gasteiger partial charge in [-0.1, -0.05) is 23.7 Å². The van der Waals surface area contributed by atoms with Gasteiger partial charge in [0.1, 0.15) is 6.61 Å². The van der Waals surface area contributed by atoms with E-state index in [0.29, 0.717) is 15.3 Å². The lowest BCUT2D eigenvalue weighted by molar-refractivity contribution is -0.147. The molecular weight excluding hydrogens is 397 g/mol. The molecule has 0 aliphatic heterocycles. The average Bonchev–Trinajstić information content (AvgIpc) is 2.85. The van der Waals surface area contributed by atoms with E-state index in [9.17, 15) is 26.4 Å². The van der Waals surface area contributed by atoms with Gasteiger partial charge in [0.25, 0.3) is 0 Å². The van der Waals surface area contributed by atoms with Gasteiger partial charge in [-0.2, -0.15) is 18.3 Å². The second-order valence-electron chi connectivity index (χ2n) is 5.42. The molecule has 0 unspecified atom stereocenters. The molecule has 1 aromatic heterocycles. The number of hydrogen-bond acceptors (Lipinski definition) is 5. The summed E-state index contributed by atoms with van der Waals surface area (Å²) >= 11 is 5.74. The zero-order valence-electron chi connectivity index (χ0n) is 13.7. The maximum atomic E-state index is 13.2. The fourth-order valence-corrected chi connectivity index (χ4v) is 4.21. The monoisotopic (exact) mass is 410 g/mol. The maximum Gasteiger partial charge on any atom is 0.435 e. The van der Waals surface area contributed by atoms with E-state index in [4.69, 9.17) is 11.6 Å². The van der Waals surface area contributed by atoms with Crippen LogP contribution in [0.2, 0.25) is 5.02 Å². The molecule has 0 aliphatic carbocycles. The van der Waals surface area contributed by atoms with Crippen LogP contribution in [0.4, 0.5) is 13.2 Å². The van der Waals surface area contributed by atoms with Crippen LogP contribution in [0.15, 0.2) is 29.3 Å². The van der Waals surface area contributed by atoms with Crippen molar-refractivity contribution in [1.82, 2.24) is 9.78 Å². The van der Waals surface area contributed by atoms with Crippen LogP contribution >= 0.6 is 11.6 Å². The minimum absolute atomic E-state index is 0.336. The summed E-state index contributed by atoms with van der Waals surface area (Å²) in [6, 6.07) is 5.84. The molecule has 11 heteroatoms. The lowest BCUT2D eigenvalue weighted by atomic mass is 10.2. The van der Waals surface area contributed by atoms with Crippen LogP contribution < -0.4 is 0 Å². The number of esters is 1. The number of benzene rings is 1. The number of nitrogens with zero attached hydrogens (tertiary/aromatic N) is 2. The average molecular weight is 411 g/mol. The third-order valence-corrected chi connectivity index (χ3v) is 5.41. The molecule has 2 aromatic rings. The maximum absolute atomic E-state index is 13.2. The number of halogens is 4. The highest BCUT2D eigenvalue weighted by atomic mass is 35.5. The molecule has 142 valence electrons. The highest BCUT2D eigenvalue weighted by Gasteiger charge is 2.41. The van der Waals surface area contributed by atoms with E-state index in [1.165, 1.54) is 24.3 Å². The number of carbonyl (C=O) groups is 1. The number of aromatic nitrogens is 2. The van der Waals surface area contributed by atoms with Crippen LogP contribution in [-0.4, -0.2) is 24.2 Å². The first-order valence-electron chi connectivity index (χ1n) is 7.15. The number of aryl methyl sites for hydroxylation is 1. The van der Waals surface area contributed by atoms with Gasteiger partial charge in [-0.05, 0) is 17.7 Å². The van der Waals surface area contributed by atoms with E-state index in [1.54, 1.807) is 0 Å². The Bertz CT molecular complexity index is 922. The van der Waals surface area contributed by atoms with Crippen molar-refractivity contribution in [2.45, 2.75) is 30.5 Å². The van der Waals surface area contributed by atoms with E-state index in [1.807, 2.05) is 0 Å². The third kappa shape index (κ3) is 4.55. The van der Waals surface area contributed by atoms with Gasteiger partial charge in [-0.25, -0.2) is 8.42 Å². The Hall–Kier alpha value is -2.07. The van der Waals surface area contributed by atoms with Crippen LogP contribution in [0, 0.1) is 0 Å². The summed E-state index contributed by atoms with van der Waals surface area (Å²) in [5.41, 5.74) is -1.78. The summed E-state index contributed by atoms with van der Waals surface area (Å²) in [7, 11) is -3.12. The van der Waals surface area contributed by atoms with Crippen molar-refractivity contribution in [3.63, 3.8) is 0 Å². The van der Waals surface area contributed by atoms with Crippen LogP contribution in [0.25, 0.3) is 0 Å². The molecule has 0 aliphatic rings. The molecule has 0 atom stereocenters. The van der Waals surface area contributed by atoms with Crippen molar-refractivity contribution >= 4 is 27.4 Å². The van der Waals surface area contributed by atoms with Crippen molar-refractivity contribution < 1.29 is 31.1 Å². The summed E-state index contributed by atoms with van der Waals surface area (Å²) in [5, 5.41) is 3.02. The highest BCUT2D eigenvalue weighted by Crippen LogP contribution is 2.35. The molecule has 1 heterocycles. The molecule has 0 spiro atoms. The molecule has 0 fully saturated rings. The first-order chi connectivity index (χ1) is 11.9. The Morgan fingerprint density at radius 1 is 1.27 bits per heavy atom. The zero-order chi connectivity index (χ0) is 19.7. The molecule has 0 saturated carbocycles. The molecule has 0 bridgehead atoms. The molecule has 0 N–H and O–H groups in total. The van der Waals surface area contributed by atoms with Crippen LogP contribution in [-0.2, 0) is 45.0 Å². The molecule has 1 aromatic carbocycles. The van der Waals surface area contributed by atoms with Gasteiger partial charge in [0.15, 0.2) is 20.6 Å². The van der Waals surface area contributed by atoms with Gasteiger partial charge in [0, 0.05) is 19.0 Å². The number of ether oxygens (including phenoxy) is 1. The van der Waals surface area contributed by atoms with Gasteiger partial charge >= 0.3 is 12.1 Å². The molecule has 2 rings (SSSR count). The minimum atomic E-state index is -4.90. The largest absolute Gasteiger partial charge is 0.461 e. The van der Waals surface area contributed by atoms with Gasteiger partial charge < -0.3 is 4.74 Å². The van der Waals surface area contributed by atoms with Gasteiger partial charge in [-0.15, -0.1) is 0 Å². The summed E-state index contributed by atoms with van der Waals surface area (Å²) in [6.45, 7) is 0.152. The zero-order valence-corrected chi connectivity index (χ0v) is 15.2. The van der Waals surface area contributed by atoms with Gasteiger partial charge in [0.2, 0.25) is 0 Å². The Morgan fingerprint density at radius 2 is 1.85 bits per heavy atom. The first-order valence-corrected chi connectivity index (χ1v) is 9.18. The Kier molecular flexibility index (Phi) is 5.67. The number of sulfone groups is 1. The third-order valence-electron chi connectivity index (χ3n) is 3.34. The van der Waals surface area contributed by atoms with E-state index in [0.717, 1.165) is 14.0 Å². The number of carbonyl (C=O) groups excluding carboxylic acids is 1. The fourth-order valence-electron chi connectivity index (χ4n) is 2.34. The van der Waals surface area contributed by atoms with E-state index < -0.39 is 50.6 Å². The smallest absolute Gasteiger partial charge is 0.435 e. The Labute approximate surface area is 152 Å². The van der Waals surface area contributed by atoms with Crippen molar-refractivity contribution in [2.24, 2.45) is 7.05 Å². The second-order valence-corrected chi connectivity index (χ2v) is 7.76. The number of hydrogen-bond donors (Lipinski definition) is 0. The molecule has 0 radical (unpaired) electrons. The van der Waals surface area contributed by atoms with Crippen molar-refractivity contribution in [3.8, 4) is 0 Å². The van der Waals surface area contributed by atoms with Crippen LogP contribution in [0.1, 0.15) is 23.7 Å². The topological polar surface area (TPSA) is 78.3 Å². The van der Waals surface area contributed by atoms with Crippen LogP contribution in [0.5, 0.6) is 0 Å². The predicted molar refractivity (Wildman–Crippen MR) is 86.0 cm³/mol. The fraction of sp³-hybridized carbons (Fsp3) is 0.333. The summed E-state index contributed by atoms with van der Waals surface area (Å²) < 4.78 is 70.3. The summed E-state index contributed by atoms with van der Waals surface area (Å²) in [5.74, 6) is -1.41. The van der Waals surface area contributed by atoms with Crippen molar-refractivity contribution in [3.05, 3.63) is 46.1 Å². The summed E-state index contributed by atoms with van der Waals surface area (Å²) in [4.78, 5) is 11.0. The quantitative estimate of drug-likeness (QED) is 0.708. The lowest BCUT2D eigenvalue weighted by Crippen LogP contribution is -2.14. The van der Waals surface area contributed by atoms with E-state index in [2.05, 4.69) is 9.84 Å². The molecule has 0 amide bonds. The van der Waals surface area contributed by atoms with Crippen LogP contribution in [0.3, 0.4) is 0 Å². The normalized spacial score (nSPS) is 12.2. The number of alkyl halides is 3. The lowest BCUT2D eigenvalue weighted by Gasteiger charge is -2.10. The second kappa shape index (κ2) is 7.28. The molecule has 26 heavy (non-hydrogen) atoms. The first kappa shape index (κ1) is 20.2. The van der Waals surface area contributed by atoms with E-state index >= 15 is 0 Å². The van der Waals surface area contributed by atoms with Gasteiger partial charge in [0.05, 0.1) is 11.3 Å². The highest BCUT2D eigenvalue weighted by molar-refractivity contribution is 7.90. The Balaban J connectivity index is 2.53. The molecule has 6 nitrogen and oxygen atoms in total.